The molecule has 1 aromatic carbocycles. The van der Waals surface area contributed by atoms with Gasteiger partial charge < -0.3 is 15.0 Å². The van der Waals surface area contributed by atoms with Gasteiger partial charge in [-0.2, -0.15) is 9.61 Å². The smallest absolute Gasteiger partial charge is 0.165 e. The van der Waals surface area contributed by atoms with Crippen LogP contribution in [-0.2, 0) is 11.2 Å². The molecule has 2 N–H and O–H groups in total. The maximum absolute atomic E-state index is 5.44. The average molecular weight is 381 g/mol. The molecule has 0 spiro atoms. The normalized spacial score (nSPS) is 15.2. The number of aryl methyl sites for hydroxylation is 1. The van der Waals surface area contributed by atoms with Crippen molar-refractivity contribution < 1.29 is 9.64 Å². The predicted octanol–water partition coefficient (Wildman–Crippen LogP) is 2.07. The molecule has 148 valence electrons. The molecule has 28 heavy (non-hydrogen) atoms. The van der Waals surface area contributed by atoms with Gasteiger partial charge in [0.25, 0.3) is 0 Å². The van der Waals surface area contributed by atoms with Crippen LogP contribution in [0.1, 0.15) is 25.5 Å². The van der Waals surface area contributed by atoms with Crippen molar-refractivity contribution in [1.29, 1.82) is 0 Å². The molecular weight excluding hydrogens is 350 g/mol. The molecule has 3 aromatic rings. The van der Waals surface area contributed by atoms with Crippen molar-refractivity contribution in [2.24, 2.45) is 0 Å². The van der Waals surface area contributed by atoms with Crippen molar-refractivity contribution in [2.45, 2.75) is 26.2 Å². The van der Waals surface area contributed by atoms with Crippen molar-refractivity contribution in [1.82, 2.24) is 14.6 Å². The Hall–Kier alpha value is -2.44. The fourth-order valence-electron chi connectivity index (χ4n) is 3.81. The van der Waals surface area contributed by atoms with Gasteiger partial charge in [-0.3, -0.25) is 0 Å². The number of hydrogen-bond donors (Lipinski definition) is 2. The van der Waals surface area contributed by atoms with E-state index in [4.69, 9.17) is 9.72 Å². The molecule has 1 aliphatic heterocycles. The first kappa shape index (κ1) is 18.9. The van der Waals surface area contributed by atoms with Crippen LogP contribution in [0.2, 0.25) is 0 Å². The van der Waals surface area contributed by atoms with E-state index in [1.165, 1.54) is 6.54 Å². The molecule has 0 unspecified atom stereocenters. The summed E-state index contributed by atoms with van der Waals surface area (Å²) in [5, 5.41) is 8.24. The number of nitrogens with zero attached hydrogens (tertiary/aromatic N) is 3. The fourth-order valence-corrected chi connectivity index (χ4v) is 3.81. The Bertz CT molecular complexity index is 887. The second-order valence-corrected chi connectivity index (χ2v) is 7.44. The van der Waals surface area contributed by atoms with Gasteiger partial charge in [0.05, 0.1) is 26.0 Å². The third kappa shape index (κ3) is 4.34. The molecule has 0 radical (unpaired) electrons. The summed E-state index contributed by atoms with van der Waals surface area (Å²) in [7, 11) is 0. The van der Waals surface area contributed by atoms with Crippen LogP contribution in [0, 0.1) is 0 Å². The van der Waals surface area contributed by atoms with E-state index in [2.05, 4.69) is 47.7 Å². The summed E-state index contributed by atoms with van der Waals surface area (Å²) in [6, 6.07) is 12.5. The second kappa shape index (κ2) is 9.17. The van der Waals surface area contributed by atoms with Crippen LogP contribution in [0.25, 0.3) is 16.8 Å². The van der Waals surface area contributed by atoms with Gasteiger partial charge in [0, 0.05) is 30.3 Å². The van der Waals surface area contributed by atoms with E-state index < -0.39 is 0 Å². The van der Waals surface area contributed by atoms with E-state index in [1.54, 1.807) is 4.90 Å². The van der Waals surface area contributed by atoms with Crippen molar-refractivity contribution in [2.75, 3.05) is 44.7 Å². The Morgan fingerprint density at radius 2 is 2.00 bits per heavy atom. The molecule has 0 atom stereocenters. The molecule has 0 saturated carbocycles. The van der Waals surface area contributed by atoms with Crippen LogP contribution in [-0.4, -0.2) is 54.0 Å². The third-order valence-electron chi connectivity index (χ3n) is 5.33. The standard InChI is InChI=1S/C22H29N5O/c1-2-7-19-16-21(23-10-6-11-26-12-14-28-15-13-26)27-22(25-19)20(17-24-27)18-8-4-3-5-9-18/h3-5,8-9,16-17,23H,2,6-7,10-15H2,1H3/p+1. The lowest BCUT2D eigenvalue weighted by Crippen LogP contribution is -3.14. The molecule has 6 nitrogen and oxygen atoms in total. The van der Waals surface area contributed by atoms with Gasteiger partial charge in [-0.15, -0.1) is 0 Å². The monoisotopic (exact) mass is 380 g/mol. The van der Waals surface area contributed by atoms with Gasteiger partial charge in [-0.25, -0.2) is 4.98 Å². The number of benzene rings is 1. The molecule has 1 fully saturated rings. The van der Waals surface area contributed by atoms with Crippen molar-refractivity contribution in [3.8, 4) is 11.1 Å². The van der Waals surface area contributed by atoms with Crippen LogP contribution in [0.5, 0.6) is 0 Å². The number of hydrogen-bond acceptors (Lipinski definition) is 4. The van der Waals surface area contributed by atoms with E-state index in [1.807, 2.05) is 16.8 Å². The zero-order valence-electron chi connectivity index (χ0n) is 16.7. The van der Waals surface area contributed by atoms with E-state index in [9.17, 15) is 0 Å². The molecule has 2 aromatic heterocycles. The summed E-state index contributed by atoms with van der Waals surface area (Å²) < 4.78 is 7.39. The number of morpholine rings is 1. The first-order valence-corrected chi connectivity index (χ1v) is 10.4. The highest BCUT2D eigenvalue weighted by atomic mass is 16.5. The van der Waals surface area contributed by atoms with Crippen LogP contribution in [0.4, 0.5) is 5.82 Å². The first-order valence-electron chi connectivity index (χ1n) is 10.4. The summed E-state index contributed by atoms with van der Waals surface area (Å²) in [5.74, 6) is 1.03. The van der Waals surface area contributed by atoms with Crippen LogP contribution < -0.4 is 10.2 Å². The summed E-state index contributed by atoms with van der Waals surface area (Å²) in [5.41, 5.74) is 4.28. The summed E-state index contributed by atoms with van der Waals surface area (Å²) in [6.07, 6.45) is 5.12. The van der Waals surface area contributed by atoms with Gasteiger partial charge in [-0.05, 0) is 12.0 Å². The predicted molar refractivity (Wildman–Crippen MR) is 112 cm³/mol. The minimum atomic E-state index is 0.893. The van der Waals surface area contributed by atoms with E-state index in [0.717, 1.165) is 80.4 Å². The molecule has 1 aliphatic rings. The van der Waals surface area contributed by atoms with Gasteiger partial charge in [-0.1, -0.05) is 43.7 Å². The minimum absolute atomic E-state index is 0.893. The Kier molecular flexibility index (Phi) is 6.19. The Labute approximate surface area is 166 Å². The highest BCUT2D eigenvalue weighted by molar-refractivity contribution is 5.78. The van der Waals surface area contributed by atoms with Crippen LogP contribution >= 0.6 is 0 Å². The van der Waals surface area contributed by atoms with Gasteiger partial charge >= 0.3 is 0 Å². The third-order valence-corrected chi connectivity index (χ3v) is 5.33. The number of fused-ring (bicyclic) bond motifs is 1. The Morgan fingerprint density at radius 1 is 1.18 bits per heavy atom. The lowest BCUT2D eigenvalue weighted by atomic mass is 10.1. The van der Waals surface area contributed by atoms with Crippen LogP contribution in [0.3, 0.4) is 0 Å². The average Bonchev–Trinajstić information content (AvgIpc) is 3.17. The highest BCUT2D eigenvalue weighted by Gasteiger charge is 2.14. The fraction of sp³-hybridized carbons (Fsp3) is 0.455. The van der Waals surface area contributed by atoms with Crippen molar-refractivity contribution in [3.05, 3.63) is 48.3 Å². The molecule has 4 rings (SSSR count). The lowest BCUT2D eigenvalue weighted by molar-refractivity contribution is -0.908. The second-order valence-electron chi connectivity index (χ2n) is 7.44. The SMILES string of the molecule is CCCc1cc(NCCC[NH+]2CCOCC2)n2ncc(-c3ccccc3)c2n1. The number of ether oxygens (including phenoxy) is 1. The summed E-state index contributed by atoms with van der Waals surface area (Å²) in [4.78, 5) is 6.55. The largest absolute Gasteiger partial charge is 0.370 e. The van der Waals surface area contributed by atoms with Crippen LogP contribution in [0.15, 0.2) is 42.6 Å². The molecular formula is C22H30N5O+. The number of nitrogens with one attached hydrogen (secondary N) is 2. The van der Waals surface area contributed by atoms with E-state index in [-0.39, 0.29) is 0 Å². The molecule has 6 heteroatoms. The molecule has 3 heterocycles. The zero-order chi connectivity index (χ0) is 19.2. The first-order chi connectivity index (χ1) is 13.8. The molecule has 0 amide bonds. The Balaban J connectivity index is 1.52. The zero-order valence-corrected chi connectivity index (χ0v) is 16.7. The number of rotatable bonds is 8. The van der Waals surface area contributed by atoms with Gasteiger partial charge in [0.2, 0.25) is 0 Å². The number of anilines is 1. The minimum Gasteiger partial charge on any atom is -0.370 e. The summed E-state index contributed by atoms with van der Waals surface area (Å²) in [6.45, 7) is 8.35. The number of aromatic nitrogens is 3. The maximum Gasteiger partial charge on any atom is 0.165 e. The quantitative estimate of drug-likeness (QED) is 0.588. The molecule has 1 saturated heterocycles. The number of quaternary nitrogens is 1. The Morgan fingerprint density at radius 3 is 2.79 bits per heavy atom. The van der Waals surface area contributed by atoms with Gasteiger partial charge in [0.15, 0.2) is 5.65 Å². The molecule has 0 bridgehead atoms. The lowest BCUT2D eigenvalue weighted by Gasteiger charge is -2.23. The van der Waals surface area contributed by atoms with E-state index in [0.29, 0.717) is 0 Å². The topological polar surface area (TPSA) is 55.9 Å². The van der Waals surface area contributed by atoms with Gasteiger partial charge in [0.1, 0.15) is 18.9 Å². The summed E-state index contributed by atoms with van der Waals surface area (Å²) >= 11 is 0. The van der Waals surface area contributed by atoms with Crippen molar-refractivity contribution in [3.63, 3.8) is 0 Å². The molecule has 0 aliphatic carbocycles. The highest BCUT2D eigenvalue weighted by Crippen LogP contribution is 2.25. The van der Waals surface area contributed by atoms with E-state index >= 15 is 0 Å². The van der Waals surface area contributed by atoms with Crippen molar-refractivity contribution >= 4 is 11.5 Å². The maximum atomic E-state index is 5.44.